The lowest BCUT2D eigenvalue weighted by atomic mass is 10.2. The van der Waals surface area contributed by atoms with Gasteiger partial charge < -0.3 is 10.3 Å². The smallest absolute Gasteiger partial charge is 0.144 e. The van der Waals surface area contributed by atoms with Gasteiger partial charge in [0, 0.05) is 19.8 Å². The molecule has 1 aromatic carbocycles. The third-order valence-corrected chi connectivity index (χ3v) is 2.94. The van der Waals surface area contributed by atoms with Crippen LogP contribution in [0.25, 0.3) is 22.4 Å². The van der Waals surface area contributed by atoms with E-state index in [1.807, 2.05) is 31.4 Å². The molecule has 17 heavy (non-hydrogen) atoms. The number of aryl methyl sites for hydroxylation is 1. The number of imidazole rings is 1. The van der Waals surface area contributed by atoms with Crippen molar-refractivity contribution < 1.29 is 0 Å². The SMILES string of the molecule is Cn1c(-c2cn[nH]c2)nc2cc(CN)ccc21. The van der Waals surface area contributed by atoms with Crippen LogP contribution in [0.5, 0.6) is 0 Å². The second-order valence-corrected chi connectivity index (χ2v) is 4.01. The molecule has 2 heterocycles. The van der Waals surface area contributed by atoms with Gasteiger partial charge in [-0.2, -0.15) is 5.10 Å². The first-order valence-electron chi connectivity index (χ1n) is 5.44. The molecule has 0 amide bonds. The van der Waals surface area contributed by atoms with Gasteiger partial charge >= 0.3 is 0 Å². The van der Waals surface area contributed by atoms with E-state index in [4.69, 9.17) is 5.73 Å². The molecule has 0 fully saturated rings. The van der Waals surface area contributed by atoms with Crippen molar-refractivity contribution in [3.8, 4) is 11.4 Å². The van der Waals surface area contributed by atoms with Crippen molar-refractivity contribution in [1.82, 2.24) is 19.7 Å². The summed E-state index contributed by atoms with van der Waals surface area (Å²) in [5, 5.41) is 6.74. The normalized spacial score (nSPS) is 11.2. The highest BCUT2D eigenvalue weighted by molar-refractivity contribution is 5.81. The molecule has 3 N–H and O–H groups in total. The van der Waals surface area contributed by atoms with Crippen LogP contribution in [-0.4, -0.2) is 19.7 Å². The molecule has 0 aliphatic heterocycles. The van der Waals surface area contributed by atoms with E-state index in [0.29, 0.717) is 6.54 Å². The third kappa shape index (κ3) is 1.52. The monoisotopic (exact) mass is 227 g/mol. The fourth-order valence-corrected chi connectivity index (χ4v) is 2.00. The van der Waals surface area contributed by atoms with Gasteiger partial charge in [0.1, 0.15) is 5.82 Å². The minimum absolute atomic E-state index is 0.535. The molecule has 3 aromatic rings. The van der Waals surface area contributed by atoms with Crippen molar-refractivity contribution in [1.29, 1.82) is 0 Å². The van der Waals surface area contributed by atoms with Gasteiger partial charge in [-0.05, 0) is 17.7 Å². The maximum absolute atomic E-state index is 5.63. The van der Waals surface area contributed by atoms with Gasteiger partial charge in [-0.15, -0.1) is 0 Å². The van der Waals surface area contributed by atoms with Gasteiger partial charge in [0.05, 0.1) is 22.8 Å². The molecule has 0 spiro atoms. The summed E-state index contributed by atoms with van der Waals surface area (Å²) in [6, 6.07) is 6.11. The average Bonchev–Trinajstić information content (AvgIpc) is 2.97. The standard InChI is InChI=1S/C12H13N5/c1-17-11-3-2-8(5-13)4-10(11)16-12(17)9-6-14-15-7-9/h2-4,6-7H,5,13H2,1H3,(H,14,15). The lowest BCUT2D eigenvalue weighted by molar-refractivity contribution is 0.959. The summed E-state index contributed by atoms with van der Waals surface area (Å²) in [4.78, 5) is 4.61. The Morgan fingerprint density at radius 3 is 3.00 bits per heavy atom. The van der Waals surface area contributed by atoms with Crippen LogP contribution in [0, 0.1) is 0 Å². The minimum atomic E-state index is 0.535. The van der Waals surface area contributed by atoms with E-state index in [-0.39, 0.29) is 0 Å². The van der Waals surface area contributed by atoms with Crippen LogP contribution in [0.2, 0.25) is 0 Å². The molecule has 0 atom stereocenters. The van der Waals surface area contributed by atoms with Crippen LogP contribution in [-0.2, 0) is 13.6 Å². The maximum atomic E-state index is 5.63. The van der Waals surface area contributed by atoms with Crippen LogP contribution < -0.4 is 5.73 Å². The summed E-state index contributed by atoms with van der Waals surface area (Å²) in [6.45, 7) is 0.535. The molecular formula is C12H13N5. The molecule has 86 valence electrons. The number of rotatable bonds is 2. The molecule has 0 unspecified atom stereocenters. The molecule has 2 aromatic heterocycles. The summed E-state index contributed by atoms with van der Waals surface area (Å²) >= 11 is 0. The number of nitrogens with zero attached hydrogens (tertiary/aromatic N) is 3. The van der Waals surface area contributed by atoms with E-state index in [1.165, 1.54) is 0 Å². The Hall–Kier alpha value is -2.14. The zero-order valence-corrected chi connectivity index (χ0v) is 9.51. The van der Waals surface area contributed by atoms with E-state index >= 15 is 0 Å². The Morgan fingerprint density at radius 1 is 1.41 bits per heavy atom. The van der Waals surface area contributed by atoms with Crippen molar-refractivity contribution in [3.63, 3.8) is 0 Å². The molecule has 0 saturated heterocycles. The largest absolute Gasteiger partial charge is 0.327 e. The Morgan fingerprint density at radius 2 is 2.29 bits per heavy atom. The van der Waals surface area contributed by atoms with Crippen molar-refractivity contribution in [2.45, 2.75) is 6.54 Å². The number of hydrogen-bond acceptors (Lipinski definition) is 3. The topological polar surface area (TPSA) is 72.5 Å². The molecule has 5 heteroatoms. The first-order chi connectivity index (χ1) is 8.29. The van der Waals surface area contributed by atoms with Gasteiger partial charge in [-0.3, -0.25) is 5.10 Å². The number of aromatic amines is 1. The van der Waals surface area contributed by atoms with E-state index < -0.39 is 0 Å². The van der Waals surface area contributed by atoms with Gasteiger partial charge in [0.25, 0.3) is 0 Å². The Bertz CT molecular complexity index is 651. The summed E-state index contributed by atoms with van der Waals surface area (Å²) in [7, 11) is 2.00. The van der Waals surface area contributed by atoms with E-state index in [0.717, 1.165) is 28.0 Å². The highest BCUT2D eigenvalue weighted by atomic mass is 15.1. The number of benzene rings is 1. The molecule has 5 nitrogen and oxygen atoms in total. The third-order valence-electron chi connectivity index (χ3n) is 2.94. The van der Waals surface area contributed by atoms with Gasteiger partial charge in [0.2, 0.25) is 0 Å². The lowest BCUT2D eigenvalue weighted by Gasteiger charge is -1.99. The van der Waals surface area contributed by atoms with Crippen LogP contribution in [0.3, 0.4) is 0 Å². The van der Waals surface area contributed by atoms with Crippen LogP contribution >= 0.6 is 0 Å². The summed E-state index contributed by atoms with van der Waals surface area (Å²) in [6.07, 6.45) is 3.61. The number of nitrogens with two attached hydrogens (primary N) is 1. The predicted octanol–water partition coefficient (Wildman–Crippen LogP) is 1.42. The fourth-order valence-electron chi connectivity index (χ4n) is 2.00. The fraction of sp³-hybridized carbons (Fsp3) is 0.167. The van der Waals surface area contributed by atoms with Gasteiger partial charge in [-0.25, -0.2) is 4.98 Å². The second-order valence-electron chi connectivity index (χ2n) is 4.01. The zero-order chi connectivity index (χ0) is 11.8. The molecule has 0 radical (unpaired) electrons. The zero-order valence-electron chi connectivity index (χ0n) is 9.51. The molecule has 3 rings (SSSR count). The first kappa shape index (κ1) is 10.0. The minimum Gasteiger partial charge on any atom is -0.327 e. The number of fused-ring (bicyclic) bond motifs is 1. The van der Waals surface area contributed by atoms with Crippen molar-refractivity contribution in [2.75, 3.05) is 0 Å². The molecule has 0 aliphatic rings. The molecule has 0 bridgehead atoms. The molecule has 0 aliphatic carbocycles. The predicted molar refractivity (Wildman–Crippen MR) is 66.2 cm³/mol. The summed E-state index contributed by atoms with van der Waals surface area (Å²) in [5.41, 5.74) is 9.77. The summed E-state index contributed by atoms with van der Waals surface area (Å²) < 4.78 is 2.06. The lowest BCUT2D eigenvalue weighted by Crippen LogP contribution is -1.95. The first-order valence-corrected chi connectivity index (χ1v) is 5.44. The van der Waals surface area contributed by atoms with E-state index in [1.54, 1.807) is 6.20 Å². The molecule has 0 saturated carbocycles. The quantitative estimate of drug-likeness (QED) is 0.695. The Kier molecular flexibility index (Phi) is 2.19. The second kappa shape index (κ2) is 3.71. The maximum Gasteiger partial charge on any atom is 0.144 e. The van der Waals surface area contributed by atoms with Crippen molar-refractivity contribution >= 4 is 11.0 Å². The number of nitrogens with one attached hydrogen (secondary N) is 1. The van der Waals surface area contributed by atoms with Crippen LogP contribution in [0.1, 0.15) is 5.56 Å². The van der Waals surface area contributed by atoms with Crippen molar-refractivity contribution in [3.05, 3.63) is 36.2 Å². The highest BCUT2D eigenvalue weighted by Crippen LogP contribution is 2.23. The van der Waals surface area contributed by atoms with Crippen molar-refractivity contribution in [2.24, 2.45) is 12.8 Å². The number of aromatic nitrogens is 4. The highest BCUT2D eigenvalue weighted by Gasteiger charge is 2.10. The van der Waals surface area contributed by atoms with Gasteiger partial charge in [0.15, 0.2) is 0 Å². The summed E-state index contributed by atoms with van der Waals surface area (Å²) in [5.74, 6) is 0.905. The Balaban J connectivity index is 2.24. The number of H-pyrrole nitrogens is 1. The van der Waals surface area contributed by atoms with Crippen LogP contribution in [0.15, 0.2) is 30.6 Å². The van der Waals surface area contributed by atoms with E-state index in [9.17, 15) is 0 Å². The number of hydrogen-bond donors (Lipinski definition) is 2. The Labute approximate surface area is 98.3 Å². The molecular weight excluding hydrogens is 214 g/mol. The van der Waals surface area contributed by atoms with E-state index in [2.05, 4.69) is 19.7 Å². The van der Waals surface area contributed by atoms with Crippen LogP contribution in [0.4, 0.5) is 0 Å². The van der Waals surface area contributed by atoms with Gasteiger partial charge in [-0.1, -0.05) is 6.07 Å². The average molecular weight is 227 g/mol.